The minimum Gasteiger partial charge on any atom is -0.475 e. The van der Waals surface area contributed by atoms with E-state index in [-0.39, 0.29) is 16.4 Å². The Kier molecular flexibility index (Phi) is 5.72. The van der Waals surface area contributed by atoms with Crippen molar-refractivity contribution in [3.8, 4) is 11.9 Å². The maximum absolute atomic E-state index is 13.1. The first-order valence-corrected chi connectivity index (χ1v) is 10.1. The Labute approximate surface area is 189 Å². The molecule has 0 saturated heterocycles. The second-order valence-electron chi connectivity index (χ2n) is 6.05. The highest BCUT2D eigenvalue weighted by atomic mass is 79.9. The summed E-state index contributed by atoms with van der Waals surface area (Å²) >= 11 is 15.9. The van der Waals surface area contributed by atoms with Crippen LogP contribution in [-0.2, 0) is 4.74 Å². The normalized spacial score (nSPS) is 12.8. The molecule has 0 saturated carbocycles. The molecule has 1 amide bonds. The lowest BCUT2D eigenvalue weighted by molar-refractivity contribution is 0.101. The van der Waals surface area contributed by atoms with Crippen LogP contribution in [0.2, 0.25) is 10.0 Å². The Balaban J connectivity index is 1.76. The van der Waals surface area contributed by atoms with E-state index in [0.717, 1.165) is 0 Å². The summed E-state index contributed by atoms with van der Waals surface area (Å²) in [6, 6.07) is 9.90. The molecule has 11 heteroatoms. The number of benzene rings is 1. The van der Waals surface area contributed by atoms with Gasteiger partial charge in [-0.15, -0.1) is 0 Å². The quantitative estimate of drug-likeness (QED) is 0.571. The third-order valence-corrected chi connectivity index (χ3v) is 5.11. The molecule has 1 N–H and O–H groups in total. The standard InChI is InChI=1S/C19H11BrCl2N6O2/c20-15-8-14(28(27-15)17-12(21)2-1-3-24-17)18(29)26-16-11(19-25-4-5-30-19)6-10(9-23)7-13(16)22/h1-3,6-8H,4-5H2,(H,26,29). The molecule has 2 aromatic heterocycles. The molecule has 0 unspecified atom stereocenters. The monoisotopic (exact) mass is 504 g/mol. The molecule has 0 bridgehead atoms. The second-order valence-corrected chi connectivity index (χ2v) is 7.68. The van der Waals surface area contributed by atoms with Gasteiger partial charge < -0.3 is 10.1 Å². The van der Waals surface area contributed by atoms with E-state index in [2.05, 4.69) is 36.3 Å². The van der Waals surface area contributed by atoms with Gasteiger partial charge in [0.15, 0.2) is 5.82 Å². The zero-order valence-corrected chi connectivity index (χ0v) is 18.2. The number of nitriles is 1. The summed E-state index contributed by atoms with van der Waals surface area (Å²) in [6.07, 6.45) is 1.55. The number of hydrogen-bond acceptors (Lipinski definition) is 6. The van der Waals surface area contributed by atoms with Gasteiger partial charge in [-0.05, 0) is 40.2 Å². The lowest BCUT2D eigenvalue weighted by atomic mass is 10.1. The predicted octanol–water partition coefficient (Wildman–Crippen LogP) is 4.24. The molecule has 0 spiro atoms. The highest BCUT2D eigenvalue weighted by Gasteiger charge is 2.24. The molecule has 1 aromatic carbocycles. The fraction of sp³-hybridized carbons (Fsp3) is 0.105. The molecule has 3 heterocycles. The number of aliphatic imine (C=N–C) groups is 1. The van der Waals surface area contributed by atoms with Crippen molar-refractivity contribution in [3.63, 3.8) is 0 Å². The number of ether oxygens (including phenoxy) is 1. The molecule has 150 valence electrons. The third-order valence-electron chi connectivity index (χ3n) is 4.13. The summed E-state index contributed by atoms with van der Waals surface area (Å²) in [5, 5.41) is 16.8. The van der Waals surface area contributed by atoms with E-state index in [0.29, 0.717) is 45.6 Å². The Morgan fingerprint density at radius 1 is 1.30 bits per heavy atom. The van der Waals surface area contributed by atoms with Gasteiger partial charge in [0.05, 0.1) is 39.5 Å². The Bertz CT molecular complexity index is 1230. The van der Waals surface area contributed by atoms with E-state index in [1.165, 1.54) is 16.8 Å². The Morgan fingerprint density at radius 3 is 2.83 bits per heavy atom. The first-order chi connectivity index (χ1) is 14.5. The lowest BCUT2D eigenvalue weighted by Crippen LogP contribution is -2.20. The Hall–Kier alpha value is -2.93. The number of amides is 1. The average molecular weight is 506 g/mol. The van der Waals surface area contributed by atoms with E-state index in [1.807, 2.05) is 6.07 Å². The maximum atomic E-state index is 13.1. The average Bonchev–Trinajstić information content (AvgIpc) is 3.39. The van der Waals surface area contributed by atoms with Gasteiger partial charge in [-0.2, -0.15) is 10.4 Å². The number of halogens is 3. The summed E-state index contributed by atoms with van der Waals surface area (Å²) in [5.41, 5.74) is 1.19. The van der Waals surface area contributed by atoms with Crippen LogP contribution >= 0.6 is 39.1 Å². The molecule has 1 aliphatic heterocycles. The van der Waals surface area contributed by atoms with Crippen LogP contribution < -0.4 is 5.32 Å². The lowest BCUT2D eigenvalue weighted by Gasteiger charge is -2.14. The van der Waals surface area contributed by atoms with Gasteiger partial charge in [0.25, 0.3) is 5.91 Å². The summed E-state index contributed by atoms with van der Waals surface area (Å²) in [4.78, 5) is 21.6. The smallest absolute Gasteiger partial charge is 0.274 e. The highest BCUT2D eigenvalue weighted by Crippen LogP contribution is 2.31. The Morgan fingerprint density at radius 2 is 2.13 bits per heavy atom. The van der Waals surface area contributed by atoms with Gasteiger partial charge >= 0.3 is 0 Å². The molecule has 3 aromatic rings. The van der Waals surface area contributed by atoms with E-state index in [4.69, 9.17) is 27.9 Å². The van der Waals surface area contributed by atoms with Crippen molar-refractivity contribution in [1.82, 2.24) is 14.8 Å². The van der Waals surface area contributed by atoms with E-state index >= 15 is 0 Å². The van der Waals surface area contributed by atoms with Crippen molar-refractivity contribution < 1.29 is 9.53 Å². The van der Waals surface area contributed by atoms with Gasteiger partial charge in [-0.25, -0.2) is 14.7 Å². The molecular formula is C19H11BrCl2N6O2. The largest absolute Gasteiger partial charge is 0.475 e. The number of aromatic nitrogens is 3. The number of nitrogens with one attached hydrogen (secondary N) is 1. The zero-order valence-electron chi connectivity index (χ0n) is 15.1. The predicted molar refractivity (Wildman–Crippen MR) is 116 cm³/mol. The summed E-state index contributed by atoms with van der Waals surface area (Å²) in [6.45, 7) is 0.893. The minimum atomic E-state index is -0.513. The van der Waals surface area contributed by atoms with Crippen molar-refractivity contribution in [2.45, 2.75) is 0 Å². The molecule has 30 heavy (non-hydrogen) atoms. The van der Waals surface area contributed by atoms with Crippen molar-refractivity contribution in [1.29, 1.82) is 5.26 Å². The molecule has 4 rings (SSSR count). The molecule has 0 atom stereocenters. The first-order valence-electron chi connectivity index (χ1n) is 8.57. The maximum Gasteiger partial charge on any atom is 0.274 e. The number of nitrogens with zero attached hydrogens (tertiary/aromatic N) is 5. The van der Waals surface area contributed by atoms with Crippen LogP contribution in [0.5, 0.6) is 0 Å². The molecule has 0 fully saturated rings. The molecular weight excluding hydrogens is 495 g/mol. The van der Waals surface area contributed by atoms with Gasteiger partial charge in [0.2, 0.25) is 5.90 Å². The van der Waals surface area contributed by atoms with Crippen molar-refractivity contribution in [3.05, 3.63) is 68.0 Å². The number of carbonyl (C=O) groups is 1. The number of hydrogen-bond donors (Lipinski definition) is 1. The fourth-order valence-corrected chi connectivity index (χ4v) is 3.69. The molecule has 0 radical (unpaired) electrons. The number of rotatable bonds is 4. The van der Waals surface area contributed by atoms with E-state index in [9.17, 15) is 10.1 Å². The van der Waals surface area contributed by atoms with Crippen molar-refractivity contribution in [2.24, 2.45) is 4.99 Å². The number of pyridine rings is 1. The fourth-order valence-electron chi connectivity index (χ4n) is 2.85. The van der Waals surface area contributed by atoms with Crippen LogP contribution in [0.1, 0.15) is 21.6 Å². The summed E-state index contributed by atoms with van der Waals surface area (Å²) in [5.74, 6) is 0.0952. The number of anilines is 1. The molecule has 0 aliphatic carbocycles. The van der Waals surface area contributed by atoms with Crippen molar-refractivity contribution >= 4 is 56.6 Å². The topological polar surface area (TPSA) is 105 Å². The van der Waals surface area contributed by atoms with Crippen LogP contribution in [-0.4, -0.2) is 39.7 Å². The summed E-state index contributed by atoms with van der Waals surface area (Å²) < 4.78 is 7.25. The highest BCUT2D eigenvalue weighted by molar-refractivity contribution is 9.10. The molecule has 1 aliphatic rings. The van der Waals surface area contributed by atoms with Gasteiger partial charge in [-0.1, -0.05) is 23.2 Å². The number of carbonyl (C=O) groups excluding carboxylic acids is 1. The van der Waals surface area contributed by atoms with Crippen LogP contribution in [0.25, 0.3) is 5.82 Å². The van der Waals surface area contributed by atoms with Crippen LogP contribution in [0.4, 0.5) is 5.69 Å². The zero-order chi connectivity index (χ0) is 21.3. The van der Waals surface area contributed by atoms with Crippen LogP contribution in [0, 0.1) is 11.3 Å². The van der Waals surface area contributed by atoms with Gasteiger partial charge in [0.1, 0.15) is 16.9 Å². The second kappa shape index (κ2) is 8.44. The third kappa shape index (κ3) is 3.89. The van der Waals surface area contributed by atoms with E-state index < -0.39 is 5.91 Å². The minimum absolute atomic E-state index is 0.170. The van der Waals surface area contributed by atoms with Gasteiger partial charge in [0, 0.05) is 12.3 Å². The molecule has 8 nitrogen and oxygen atoms in total. The summed E-state index contributed by atoms with van der Waals surface area (Å²) in [7, 11) is 0. The van der Waals surface area contributed by atoms with Gasteiger partial charge in [-0.3, -0.25) is 4.79 Å². The van der Waals surface area contributed by atoms with Crippen LogP contribution in [0.15, 0.2) is 46.1 Å². The van der Waals surface area contributed by atoms with Crippen LogP contribution in [0.3, 0.4) is 0 Å². The van der Waals surface area contributed by atoms with Crippen molar-refractivity contribution in [2.75, 3.05) is 18.5 Å². The van der Waals surface area contributed by atoms with E-state index in [1.54, 1.807) is 24.4 Å². The first kappa shape index (κ1) is 20.3. The SMILES string of the molecule is N#Cc1cc(Cl)c(NC(=O)c2cc(Br)nn2-c2ncccc2Cl)c(C2=NCCO2)c1.